The number of aromatic nitrogens is 3. The normalized spacial score (nSPS) is 9.94. The molecule has 0 radical (unpaired) electrons. The number of hydrogen-bond acceptors (Lipinski definition) is 5. The summed E-state index contributed by atoms with van der Waals surface area (Å²) in [5, 5.41) is 1.46. The first-order valence-electron chi connectivity index (χ1n) is 4.33. The summed E-state index contributed by atoms with van der Waals surface area (Å²) in [5.74, 6) is 0.295. The summed E-state index contributed by atoms with van der Waals surface area (Å²) < 4.78 is 0. The van der Waals surface area contributed by atoms with Crippen LogP contribution < -0.4 is 5.73 Å². The van der Waals surface area contributed by atoms with E-state index in [4.69, 9.17) is 40.5 Å². The van der Waals surface area contributed by atoms with Crippen molar-refractivity contribution in [3.63, 3.8) is 0 Å². The maximum Gasteiger partial charge on any atom is 0.151 e. The molecule has 0 unspecified atom stereocenters. The number of nitrogens with zero attached hydrogens (tertiary/aromatic N) is 3. The first-order valence-corrected chi connectivity index (χ1v) is 6.28. The molecule has 0 spiro atoms. The van der Waals surface area contributed by atoms with Crippen LogP contribution in [0.3, 0.4) is 0 Å². The Kier molecular flexibility index (Phi) is 5.75. The van der Waals surface area contributed by atoms with Crippen LogP contribution >= 0.6 is 59.0 Å². The predicted octanol–water partition coefficient (Wildman–Crippen LogP) is 3.99. The molecule has 0 fully saturated rings. The van der Waals surface area contributed by atoms with Crippen LogP contribution in [-0.2, 0) is 0 Å². The van der Waals surface area contributed by atoms with Crippen molar-refractivity contribution in [3.05, 3.63) is 33.8 Å². The van der Waals surface area contributed by atoms with E-state index in [2.05, 4.69) is 15.0 Å². The lowest BCUT2D eigenvalue weighted by Crippen LogP contribution is -1.92. The SMILES string of the molecule is Cl.Nc1cc(Sc2cnc(Cl)cn2)c(Cl)c(Cl)n1. The van der Waals surface area contributed by atoms with E-state index in [9.17, 15) is 0 Å². The maximum atomic E-state index is 6.00. The number of pyridine rings is 1. The van der Waals surface area contributed by atoms with Gasteiger partial charge in [0, 0.05) is 4.90 Å². The van der Waals surface area contributed by atoms with E-state index < -0.39 is 0 Å². The van der Waals surface area contributed by atoms with Crippen LogP contribution in [0.2, 0.25) is 15.3 Å². The number of halogens is 4. The van der Waals surface area contributed by atoms with Gasteiger partial charge < -0.3 is 5.73 Å². The molecule has 96 valence electrons. The molecule has 0 atom stereocenters. The zero-order chi connectivity index (χ0) is 12.4. The molecular weight excluding hydrogens is 338 g/mol. The Bertz CT molecular complexity index is 549. The molecule has 0 saturated carbocycles. The van der Waals surface area contributed by atoms with Gasteiger partial charge >= 0.3 is 0 Å². The average Bonchev–Trinajstić information content (AvgIpc) is 2.28. The van der Waals surface area contributed by atoms with Gasteiger partial charge in [0.1, 0.15) is 16.0 Å². The van der Waals surface area contributed by atoms with Crippen LogP contribution in [0.4, 0.5) is 5.82 Å². The Hall–Kier alpha value is -0.460. The minimum atomic E-state index is 0. The molecule has 2 heterocycles. The summed E-state index contributed by atoms with van der Waals surface area (Å²) >= 11 is 18.7. The molecular formula is C9H6Cl4N4S. The fourth-order valence-corrected chi connectivity index (χ4v) is 2.40. The highest BCUT2D eigenvalue weighted by Gasteiger charge is 2.10. The Balaban J connectivity index is 0.00000162. The van der Waals surface area contributed by atoms with E-state index in [-0.39, 0.29) is 17.6 Å². The van der Waals surface area contributed by atoms with E-state index in [0.717, 1.165) is 0 Å². The summed E-state index contributed by atoms with van der Waals surface area (Å²) in [6.45, 7) is 0. The van der Waals surface area contributed by atoms with E-state index in [0.29, 0.717) is 25.9 Å². The van der Waals surface area contributed by atoms with Gasteiger partial charge in [0.05, 0.1) is 17.4 Å². The first-order chi connectivity index (χ1) is 8.06. The standard InChI is InChI=1S/C9H5Cl3N4S.ClH/c10-5-2-15-7(3-14-5)17-4-1-6(13)16-9(12)8(4)11;/h1-3H,(H2,13,16);1H. The highest BCUT2D eigenvalue weighted by molar-refractivity contribution is 7.99. The molecule has 0 aliphatic carbocycles. The van der Waals surface area contributed by atoms with Gasteiger partial charge in [0.2, 0.25) is 0 Å². The third-order valence-electron chi connectivity index (χ3n) is 1.71. The lowest BCUT2D eigenvalue weighted by molar-refractivity contribution is 1.05. The van der Waals surface area contributed by atoms with Gasteiger partial charge in [-0.1, -0.05) is 46.6 Å². The number of nitrogens with two attached hydrogens (primary N) is 1. The summed E-state index contributed by atoms with van der Waals surface area (Å²) in [7, 11) is 0. The van der Waals surface area contributed by atoms with Gasteiger partial charge in [-0.3, -0.25) is 0 Å². The van der Waals surface area contributed by atoms with Gasteiger partial charge in [0.15, 0.2) is 5.15 Å². The number of rotatable bonds is 2. The number of hydrogen-bond donors (Lipinski definition) is 1. The smallest absolute Gasteiger partial charge is 0.151 e. The largest absolute Gasteiger partial charge is 0.384 e. The fourth-order valence-electron chi connectivity index (χ4n) is 1.03. The minimum absolute atomic E-state index is 0. The number of anilines is 1. The summed E-state index contributed by atoms with van der Waals surface area (Å²) in [4.78, 5) is 12.5. The lowest BCUT2D eigenvalue weighted by atomic mass is 10.5. The van der Waals surface area contributed by atoms with Crippen LogP contribution in [0, 0.1) is 0 Å². The Morgan fingerprint density at radius 1 is 1.11 bits per heavy atom. The molecule has 4 nitrogen and oxygen atoms in total. The summed E-state index contributed by atoms with van der Waals surface area (Å²) in [6, 6.07) is 1.62. The molecule has 0 aliphatic rings. The molecule has 2 aromatic rings. The van der Waals surface area contributed by atoms with Crippen molar-refractivity contribution in [1.82, 2.24) is 15.0 Å². The molecule has 0 saturated heterocycles. The third-order valence-corrected chi connectivity index (χ3v) is 3.74. The van der Waals surface area contributed by atoms with Crippen molar-refractivity contribution in [2.24, 2.45) is 0 Å². The molecule has 18 heavy (non-hydrogen) atoms. The first kappa shape index (κ1) is 15.6. The van der Waals surface area contributed by atoms with Crippen molar-refractivity contribution < 1.29 is 0 Å². The van der Waals surface area contributed by atoms with Crippen LogP contribution in [0.25, 0.3) is 0 Å². The van der Waals surface area contributed by atoms with Crippen molar-refractivity contribution >= 4 is 64.8 Å². The average molecular weight is 344 g/mol. The van der Waals surface area contributed by atoms with E-state index >= 15 is 0 Å². The van der Waals surface area contributed by atoms with Gasteiger partial charge in [-0.05, 0) is 6.07 Å². The molecule has 2 N–H and O–H groups in total. The van der Waals surface area contributed by atoms with Crippen LogP contribution in [0.1, 0.15) is 0 Å². The molecule has 2 rings (SSSR count). The summed E-state index contributed by atoms with van der Waals surface area (Å²) in [6.07, 6.45) is 2.98. The molecule has 0 bridgehead atoms. The summed E-state index contributed by atoms with van der Waals surface area (Å²) in [5.41, 5.74) is 5.58. The van der Waals surface area contributed by atoms with Gasteiger partial charge in [0.25, 0.3) is 0 Å². The van der Waals surface area contributed by atoms with Gasteiger partial charge in [-0.2, -0.15) is 0 Å². The molecule has 9 heteroatoms. The van der Waals surface area contributed by atoms with Crippen molar-refractivity contribution in [3.8, 4) is 0 Å². The second-order valence-corrected chi connectivity index (χ2v) is 5.11. The maximum absolute atomic E-state index is 6.00. The quantitative estimate of drug-likeness (QED) is 0.835. The monoisotopic (exact) mass is 342 g/mol. The number of nitrogen functional groups attached to an aromatic ring is 1. The van der Waals surface area contributed by atoms with Crippen molar-refractivity contribution in [2.45, 2.75) is 9.92 Å². The zero-order valence-corrected chi connectivity index (χ0v) is 12.5. The van der Waals surface area contributed by atoms with E-state index in [1.807, 2.05) is 0 Å². The van der Waals surface area contributed by atoms with Crippen LogP contribution in [-0.4, -0.2) is 15.0 Å². The van der Waals surface area contributed by atoms with Crippen molar-refractivity contribution in [2.75, 3.05) is 5.73 Å². The Labute approximate surface area is 129 Å². The van der Waals surface area contributed by atoms with E-state index in [1.54, 1.807) is 6.07 Å². The van der Waals surface area contributed by atoms with Crippen molar-refractivity contribution in [1.29, 1.82) is 0 Å². The third kappa shape index (κ3) is 3.76. The molecule has 0 aliphatic heterocycles. The lowest BCUT2D eigenvalue weighted by Gasteiger charge is -2.05. The Morgan fingerprint density at radius 3 is 2.44 bits per heavy atom. The Morgan fingerprint density at radius 2 is 1.83 bits per heavy atom. The highest BCUT2D eigenvalue weighted by atomic mass is 35.5. The molecule has 0 amide bonds. The second kappa shape index (κ2) is 6.63. The van der Waals surface area contributed by atoms with Gasteiger partial charge in [-0.15, -0.1) is 12.4 Å². The minimum Gasteiger partial charge on any atom is -0.384 e. The molecule has 2 aromatic heterocycles. The van der Waals surface area contributed by atoms with Gasteiger partial charge in [-0.25, -0.2) is 15.0 Å². The predicted molar refractivity (Wildman–Crippen MR) is 77.1 cm³/mol. The van der Waals surface area contributed by atoms with E-state index in [1.165, 1.54) is 24.2 Å². The highest BCUT2D eigenvalue weighted by Crippen LogP contribution is 2.36. The fraction of sp³-hybridized carbons (Fsp3) is 0. The molecule has 0 aromatic carbocycles. The van der Waals surface area contributed by atoms with Crippen LogP contribution in [0.15, 0.2) is 28.4 Å². The zero-order valence-electron chi connectivity index (χ0n) is 8.60. The second-order valence-electron chi connectivity index (χ2n) is 2.93. The van der Waals surface area contributed by atoms with Crippen LogP contribution in [0.5, 0.6) is 0 Å². The topological polar surface area (TPSA) is 64.7 Å².